The normalized spacial score (nSPS) is 24.0. The van der Waals surface area contributed by atoms with Crippen LogP contribution < -0.4 is 0 Å². The molecule has 1 fully saturated rings. The van der Waals surface area contributed by atoms with Crippen molar-refractivity contribution in [2.75, 3.05) is 6.61 Å². The van der Waals surface area contributed by atoms with Crippen molar-refractivity contribution in [2.45, 2.75) is 36.3 Å². The average molecular weight is 383 g/mol. The van der Waals surface area contributed by atoms with Gasteiger partial charge in [-0.2, -0.15) is 5.26 Å². The van der Waals surface area contributed by atoms with Gasteiger partial charge in [0.1, 0.15) is 5.25 Å². The monoisotopic (exact) mass is 383 g/mol. The van der Waals surface area contributed by atoms with Gasteiger partial charge in [0.15, 0.2) is 15.3 Å². The van der Waals surface area contributed by atoms with Gasteiger partial charge in [0.2, 0.25) is 0 Å². The van der Waals surface area contributed by atoms with Gasteiger partial charge in [-0.3, -0.25) is 4.79 Å². The zero-order valence-corrected chi connectivity index (χ0v) is 16.1. The number of ether oxygens (including phenoxy) is 1. The quantitative estimate of drug-likeness (QED) is 0.715. The second-order valence-electron chi connectivity index (χ2n) is 6.55. The van der Waals surface area contributed by atoms with E-state index < -0.39 is 32.4 Å². The zero-order chi connectivity index (χ0) is 19.7. The SMILES string of the molecule is CCOC(=O)[C@]1(C#N)[C@H](c2ccc(CC)cc2)[C@@H]1S(=O)(=O)c1ccccc1. The Bertz CT molecular complexity index is 977. The van der Waals surface area contributed by atoms with Crippen LogP contribution in [0.1, 0.15) is 30.9 Å². The molecule has 3 rings (SSSR count). The smallest absolute Gasteiger partial charge is 0.328 e. The maximum Gasteiger partial charge on any atom is 0.328 e. The van der Waals surface area contributed by atoms with Crippen LogP contribution in [-0.4, -0.2) is 26.2 Å². The summed E-state index contributed by atoms with van der Waals surface area (Å²) in [5, 5.41) is 8.69. The molecule has 0 spiro atoms. The molecule has 27 heavy (non-hydrogen) atoms. The fourth-order valence-electron chi connectivity index (χ4n) is 3.61. The summed E-state index contributed by atoms with van der Waals surface area (Å²) in [5.41, 5.74) is 0.0326. The Hall–Kier alpha value is -2.65. The van der Waals surface area contributed by atoms with Gasteiger partial charge in [-0.1, -0.05) is 49.4 Å². The zero-order valence-electron chi connectivity index (χ0n) is 15.3. The molecule has 5 nitrogen and oxygen atoms in total. The number of esters is 1. The lowest BCUT2D eigenvalue weighted by Crippen LogP contribution is -2.25. The second kappa shape index (κ2) is 7.16. The number of hydrogen-bond acceptors (Lipinski definition) is 5. The number of rotatable bonds is 6. The minimum Gasteiger partial charge on any atom is -0.465 e. The summed E-state index contributed by atoms with van der Waals surface area (Å²) in [5.74, 6) is -1.53. The van der Waals surface area contributed by atoms with Gasteiger partial charge in [-0.15, -0.1) is 0 Å². The number of sulfone groups is 1. The lowest BCUT2D eigenvalue weighted by Gasteiger charge is -2.09. The van der Waals surface area contributed by atoms with Crippen molar-refractivity contribution in [1.82, 2.24) is 0 Å². The van der Waals surface area contributed by atoms with Crippen molar-refractivity contribution >= 4 is 15.8 Å². The molecule has 1 aliphatic rings. The van der Waals surface area contributed by atoms with Gasteiger partial charge in [0, 0.05) is 5.92 Å². The lowest BCUT2D eigenvalue weighted by atomic mass is 9.99. The molecule has 0 unspecified atom stereocenters. The van der Waals surface area contributed by atoms with Crippen molar-refractivity contribution in [3.63, 3.8) is 0 Å². The molecule has 1 saturated carbocycles. The van der Waals surface area contributed by atoms with Gasteiger partial charge in [0.25, 0.3) is 0 Å². The number of carbonyl (C=O) groups excluding carboxylic acids is 1. The highest BCUT2D eigenvalue weighted by Gasteiger charge is 2.77. The summed E-state index contributed by atoms with van der Waals surface area (Å²) in [4.78, 5) is 12.7. The first-order valence-corrected chi connectivity index (χ1v) is 10.4. The first-order valence-electron chi connectivity index (χ1n) is 8.89. The molecule has 1 aliphatic carbocycles. The third-order valence-corrected chi connectivity index (χ3v) is 7.33. The largest absolute Gasteiger partial charge is 0.465 e. The molecule has 0 saturated heterocycles. The number of nitriles is 1. The first-order chi connectivity index (χ1) is 12.9. The fourth-order valence-corrected chi connectivity index (χ4v) is 5.87. The van der Waals surface area contributed by atoms with Crippen LogP contribution in [0, 0.1) is 16.7 Å². The topological polar surface area (TPSA) is 84.2 Å². The fraction of sp³-hybridized carbons (Fsp3) is 0.333. The van der Waals surface area contributed by atoms with Crippen LogP contribution in [0.4, 0.5) is 0 Å². The van der Waals surface area contributed by atoms with E-state index in [-0.39, 0.29) is 11.5 Å². The van der Waals surface area contributed by atoms with E-state index >= 15 is 0 Å². The third kappa shape index (κ3) is 3.02. The molecular formula is C21H21NO4S. The number of nitrogens with zero attached hydrogens (tertiary/aromatic N) is 1. The standard InChI is InChI=1S/C21H21NO4S/c1-3-15-10-12-16(13-11-15)18-19(21(18,14-22)20(23)26-4-2)27(24,25)17-8-6-5-7-9-17/h5-13,18-19H,3-4H2,1-2H3/t18-,19+,21-/m1/s1. The molecule has 0 bridgehead atoms. The van der Waals surface area contributed by atoms with Crippen molar-refractivity contribution in [3.8, 4) is 6.07 Å². The van der Waals surface area contributed by atoms with Crippen molar-refractivity contribution in [1.29, 1.82) is 5.26 Å². The lowest BCUT2D eigenvalue weighted by molar-refractivity contribution is -0.147. The highest BCUT2D eigenvalue weighted by Crippen LogP contribution is 2.64. The van der Waals surface area contributed by atoms with Crippen LogP contribution in [0.2, 0.25) is 0 Å². The van der Waals surface area contributed by atoms with Crippen LogP contribution in [-0.2, 0) is 25.8 Å². The van der Waals surface area contributed by atoms with Crippen molar-refractivity contribution in [3.05, 3.63) is 65.7 Å². The molecule has 3 atom stereocenters. The van der Waals surface area contributed by atoms with Crippen molar-refractivity contribution < 1.29 is 17.9 Å². The van der Waals surface area contributed by atoms with Crippen molar-refractivity contribution in [2.24, 2.45) is 5.41 Å². The highest BCUT2D eigenvalue weighted by molar-refractivity contribution is 7.92. The van der Waals surface area contributed by atoms with E-state index in [1.807, 2.05) is 25.1 Å². The van der Waals surface area contributed by atoms with E-state index in [1.54, 1.807) is 37.3 Å². The number of benzene rings is 2. The van der Waals surface area contributed by atoms with Gasteiger partial charge < -0.3 is 4.74 Å². The van der Waals surface area contributed by atoms with Gasteiger partial charge >= 0.3 is 5.97 Å². The average Bonchev–Trinajstić information content (AvgIpc) is 3.40. The van der Waals surface area contributed by atoms with E-state index in [0.717, 1.165) is 12.0 Å². The molecule has 2 aromatic rings. The number of aryl methyl sites for hydroxylation is 1. The predicted octanol–water partition coefficient (Wildman–Crippen LogP) is 3.26. The molecule has 0 radical (unpaired) electrons. The van der Waals surface area contributed by atoms with Crippen LogP contribution in [0.25, 0.3) is 0 Å². The Balaban J connectivity index is 2.11. The molecule has 2 aromatic carbocycles. The van der Waals surface area contributed by atoms with E-state index in [1.165, 1.54) is 12.1 Å². The van der Waals surface area contributed by atoms with Gasteiger partial charge in [-0.05, 0) is 36.6 Å². The summed E-state index contributed by atoms with van der Waals surface area (Å²) in [6.45, 7) is 3.74. The molecule has 0 N–H and O–H groups in total. The Morgan fingerprint density at radius 3 is 2.26 bits per heavy atom. The molecular weight excluding hydrogens is 362 g/mol. The number of hydrogen-bond donors (Lipinski definition) is 0. The van der Waals surface area contributed by atoms with Crippen LogP contribution in [0.3, 0.4) is 0 Å². The van der Waals surface area contributed by atoms with E-state index in [9.17, 15) is 18.5 Å². The third-order valence-electron chi connectivity index (χ3n) is 5.08. The predicted molar refractivity (Wildman–Crippen MR) is 101 cm³/mol. The van der Waals surface area contributed by atoms with E-state index in [4.69, 9.17) is 4.74 Å². The Morgan fingerprint density at radius 1 is 1.11 bits per heavy atom. The molecule has 140 valence electrons. The first kappa shape index (κ1) is 19.1. The molecule has 0 aromatic heterocycles. The van der Waals surface area contributed by atoms with E-state index in [2.05, 4.69) is 0 Å². The van der Waals surface area contributed by atoms with Crippen LogP contribution in [0.5, 0.6) is 0 Å². The second-order valence-corrected chi connectivity index (χ2v) is 8.62. The molecule has 6 heteroatoms. The van der Waals surface area contributed by atoms with Crippen LogP contribution >= 0.6 is 0 Å². The van der Waals surface area contributed by atoms with Crippen LogP contribution in [0.15, 0.2) is 59.5 Å². The summed E-state index contributed by atoms with van der Waals surface area (Å²) < 4.78 is 31.5. The molecule has 0 amide bonds. The minimum atomic E-state index is -3.89. The summed E-state index contributed by atoms with van der Waals surface area (Å²) >= 11 is 0. The number of carbonyl (C=O) groups is 1. The maximum absolute atomic E-state index is 13.2. The molecule has 0 aliphatic heterocycles. The Labute approximate surface area is 159 Å². The maximum atomic E-state index is 13.2. The highest BCUT2D eigenvalue weighted by atomic mass is 32.2. The summed E-state index contributed by atoms with van der Waals surface area (Å²) in [6.07, 6.45) is 0.845. The minimum absolute atomic E-state index is 0.0852. The van der Waals surface area contributed by atoms with Gasteiger partial charge in [0.05, 0.1) is 17.6 Å². The summed E-state index contributed by atoms with van der Waals surface area (Å²) in [7, 11) is -3.89. The summed E-state index contributed by atoms with van der Waals surface area (Å²) in [6, 6.07) is 17.3. The Kier molecular flexibility index (Phi) is 5.07. The van der Waals surface area contributed by atoms with E-state index in [0.29, 0.717) is 5.56 Å². The molecule has 0 heterocycles. The Morgan fingerprint density at radius 2 is 1.74 bits per heavy atom. The van der Waals surface area contributed by atoms with Gasteiger partial charge in [-0.25, -0.2) is 8.42 Å².